The van der Waals surface area contributed by atoms with Crippen LogP contribution >= 0.6 is 15.9 Å². The molecule has 5 rings (SSSR count). The van der Waals surface area contributed by atoms with Crippen LogP contribution in [0.4, 0.5) is 0 Å². The van der Waals surface area contributed by atoms with E-state index in [0.717, 1.165) is 15.6 Å². The van der Waals surface area contributed by atoms with E-state index in [0.29, 0.717) is 35.0 Å². The summed E-state index contributed by atoms with van der Waals surface area (Å²) in [6.07, 6.45) is 0.697. The van der Waals surface area contributed by atoms with Crippen molar-refractivity contribution >= 4 is 51.4 Å². The molecule has 3 aromatic carbocycles. The Morgan fingerprint density at radius 3 is 2.11 bits per heavy atom. The van der Waals surface area contributed by atoms with Crippen LogP contribution in [0.25, 0.3) is 0 Å². The highest BCUT2D eigenvalue weighted by atomic mass is 79.9. The maximum atomic E-state index is 14.1. The molecule has 3 aromatic rings. The van der Waals surface area contributed by atoms with E-state index < -0.39 is 59.7 Å². The predicted molar refractivity (Wildman–Crippen MR) is 216 cm³/mol. The number of hydrogen-bond donors (Lipinski definition) is 4. The van der Waals surface area contributed by atoms with Gasteiger partial charge in [-0.25, -0.2) is 0 Å². The lowest BCUT2D eigenvalue weighted by molar-refractivity contribution is -0.144. The Morgan fingerprint density at radius 2 is 1.49 bits per heavy atom. The van der Waals surface area contributed by atoms with Gasteiger partial charge in [-0.05, 0) is 80.3 Å². The second-order valence-electron chi connectivity index (χ2n) is 14.0. The third kappa shape index (κ3) is 11.7. The number of carbonyl (C=O) groups is 6. The first-order valence-corrected chi connectivity index (χ1v) is 19.3. The minimum absolute atomic E-state index is 0.0638. The zero-order valence-corrected chi connectivity index (χ0v) is 35.0. The molecule has 57 heavy (non-hydrogen) atoms. The van der Waals surface area contributed by atoms with Gasteiger partial charge in [0.25, 0.3) is 0 Å². The fourth-order valence-corrected chi connectivity index (χ4v) is 6.87. The molecule has 2 heterocycles. The average Bonchev–Trinajstić information content (AvgIpc) is 3.18. The SMILES string of the molecule is COc1ccc(C[C@@H](C(=O)N[C@@H](C)C(=O)N(C)[C@H]2Cc3ccc(cc3)Oc3cc(c(Br)cc3OC)CCNC2=O)N(C)C(=O)[C@H](C)NC(=O)[C@@H](C)NC(C)=O)cc1. The van der Waals surface area contributed by atoms with Gasteiger partial charge in [0, 0.05) is 44.9 Å². The first-order valence-electron chi connectivity index (χ1n) is 18.5. The van der Waals surface area contributed by atoms with Crippen LogP contribution in [-0.2, 0) is 48.0 Å². The minimum Gasteiger partial charge on any atom is -0.497 e. The van der Waals surface area contributed by atoms with Gasteiger partial charge in [0.15, 0.2) is 11.5 Å². The van der Waals surface area contributed by atoms with Crippen molar-refractivity contribution < 1.29 is 43.0 Å². The molecule has 0 saturated carbocycles. The van der Waals surface area contributed by atoms with Crippen molar-refractivity contribution in [3.63, 3.8) is 0 Å². The molecule has 16 heteroatoms. The van der Waals surface area contributed by atoms with Gasteiger partial charge in [0.1, 0.15) is 41.7 Å². The first kappa shape index (κ1) is 44.1. The highest BCUT2D eigenvalue weighted by Crippen LogP contribution is 2.37. The number of likely N-dealkylation sites (N-methyl/N-ethyl adjacent to an activating group) is 2. The standard InChI is InChI=1S/C41H51BrN6O9/c1-23(44-26(4)49)37(50)45-24(2)40(53)48(6)34(20-27-9-13-30(55-7)14-10-27)39(52)46-25(3)41(54)47(5)33-19-28-11-15-31(16-12-28)57-36-21-29(17-18-43-38(33)51)32(42)22-35(36)56-8/h9-16,21-25,33-34H,17-20H2,1-8H3,(H,43,51)(H,44,49)(H,45,50)(H,46,52)/t23-,24+,25+,33+,34+/m1/s1. The Hall–Kier alpha value is -5.64. The van der Waals surface area contributed by atoms with Gasteiger partial charge in [0.05, 0.1) is 14.2 Å². The number of halogens is 1. The number of nitrogens with zero attached hydrogens (tertiary/aromatic N) is 2. The molecular weight excluding hydrogens is 800 g/mol. The number of hydrogen-bond acceptors (Lipinski definition) is 9. The highest BCUT2D eigenvalue weighted by Gasteiger charge is 2.35. The van der Waals surface area contributed by atoms with Gasteiger partial charge in [-0.3, -0.25) is 28.8 Å². The van der Waals surface area contributed by atoms with Crippen molar-refractivity contribution in [2.24, 2.45) is 0 Å². The fraction of sp³-hybridized carbons (Fsp3) is 0.415. The number of benzene rings is 3. The van der Waals surface area contributed by atoms with E-state index in [2.05, 4.69) is 37.2 Å². The summed E-state index contributed by atoms with van der Waals surface area (Å²) in [7, 11) is 6.04. The summed E-state index contributed by atoms with van der Waals surface area (Å²) >= 11 is 3.58. The summed E-state index contributed by atoms with van der Waals surface area (Å²) in [4.78, 5) is 82.2. The molecule has 0 saturated heterocycles. The minimum atomic E-state index is -1.12. The third-order valence-corrected chi connectivity index (χ3v) is 10.4. The summed E-state index contributed by atoms with van der Waals surface area (Å²) in [6.45, 7) is 6.02. The largest absolute Gasteiger partial charge is 0.497 e. The van der Waals surface area contributed by atoms with Gasteiger partial charge >= 0.3 is 0 Å². The quantitative estimate of drug-likeness (QED) is 0.201. The molecule has 306 valence electrons. The second kappa shape index (κ2) is 20.0. The van der Waals surface area contributed by atoms with Crippen LogP contribution in [0, 0.1) is 0 Å². The van der Waals surface area contributed by atoms with Crippen LogP contribution in [0.3, 0.4) is 0 Å². The number of ether oxygens (including phenoxy) is 3. The average molecular weight is 852 g/mol. The number of rotatable bonds is 13. The molecule has 0 spiro atoms. The monoisotopic (exact) mass is 850 g/mol. The van der Waals surface area contributed by atoms with Crippen LogP contribution in [-0.4, -0.2) is 110 Å². The van der Waals surface area contributed by atoms with E-state index in [9.17, 15) is 28.8 Å². The van der Waals surface area contributed by atoms with E-state index >= 15 is 0 Å². The predicted octanol–water partition coefficient (Wildman–Crippen LogP) is 2.90. The van der Waals surface area contributed by atoms with Crippen molar-refractivity contribution in [3.05, 3.63) is 81.8 Å². The van der Waals surface area contributed by atoms with E-state index in [1.165, 1.54) is 58.7 Å². The molecular formula is C41H51BrN6O9. The molecule has 0 aromatic heterocycles. The summed E-state index contributed by atoms with van der Waals surface area (Å²) in [6, 6.07) is 12.7. The molecule has 4 N–H and O–H groups in total. The maximum absolute atomic E-state index is 14.1. The molecule has 15 nitrogen and oxygen atoms in total. The Labute approximate surface area is 341 Å². The van der Waals surface area contributed by atoms with Crippen LogP contribution < -0.4 is 35.5 Å². The Bertz CT molecular complexity index is 1940. The van der Waals surface area contributed by atoms with E-state index in [1.807, 2.05) is 24.3 Å². The maximum Gasteiger partial charge on any atom is 0.245 e. The zero-order valence-electron chi connectivity index (χ0n) is 33.4. The second-order valence-corrected chi connectivity index (χ2v) is 14.8. The van der Waals surface area contributed by atoms with Crippen LogP contribution in [0.5, 0.6) is 23.0 Å². The zero-order chi connectivity index (χ0) is 42.0. The summed E-state index contributed by atoms with van der Waals surface area (Å²) in [5.74, 6) is -0.852. The number of amides is 6. The lowest BCUT2D eigenvalue weighted by Gasteiger charge is -2.33. The molecule has 6 amide bonds. The van der Waals surface area contributed by atoms with Crippen molar-refractivity contribution in [1.82, 2.24) is 31.1 Å². The number of nitrogens with one attached hydrogen (secondary N) is 4. The topological polar surface area (TPSA) is 185 Å². The number of methoxy groups -OCH3 is 2. The van der Waals surface area contributed by atoms with Gasteiger partial charge in [-0.15, -0.1) is 0 Å². The fourth-order valence-electron chi connectivity index (χ4n) is 6.35. The molecule has 0 fully saturated rings. The van der Waals surface area contributed by atoms with E-state index in [1.54, 1.807) is 43.5 Å². The normalized spacial score (nSPS) is 15.9. The molecule has 0 unspecified atom stereocenters. The smallest absolute Gasteiger partial charge is 0.245 e. The van der Waals surface area contributed by atoms with Crippen molar-refractivity contribution in [2.45, 2.75) is 77.2 Å². The van der Waals surface area contributed by atoms with Crippen molar-refractivity contribution in [2.75, 3.05) is 34.9 Å². The molecule has 2 aliphatic rings. The van der Waals surface area contributed by atoms with Gasteiger partial charge in [0.2, 0.25) is 35.4 Å². The summed E-state index contributed by atoms with van der Waals surface area (Å²) in [5.41, 5.74) is 2.35. The third-order valence-electron chi connectivity index (χ3n) is 9.70. The van der Waals surface area contributed by atoms with Crippen LogP contribution in [0.1, 0.15) is 44.4 Å². The Morgan fingerprint density at radius 1 is 0.860 bits per heavy atom. The van der Waals surface area contributed by atoms with Gasteiger partial charge in [-0.1, -0.05) is 40.2 Å². The van der Waals surface area contributed by atoms with Gasteiger partial charge < -0.3 is 45.3 Å². The summed E-state index contributed by atoms with van der Waals surface area (Å²) < 4.78 is 17.7. The van der Waals surface area contributed by atoms with E-state index in [-0.39, 0.29) is 25.3 Å². The number of carbonyl (C=O) groups excluding carboxylic acids is 6. The summed E-state index contributed by atoms with van der Waals surface area (Å²) in [5, 5.41) is 10.8. The van der Waals surface area contributed by atoms with Crippen LogP contribution in [0.15, 0.2) is 65.1 Å². The van der Waals surface area contributed by atoms with Crippen molar-refractivity contribution in [3.8, 4) is 23.0 Å². The first-order chi connectivity index (χ1) is 27.0. The van der Waals surface area contributed by atoms with Gasteiger partial charge in [-0.2, -0.15) is 0 Å². The molecule has 4 bridgehead atoms. The Kier molecular flexibility index (Phi) is 15.5. The molecule has 2 aliphatic heterocycles. The molecule has 0 radical (unpaired) electrons. The highest BCUT2D eigenvalue weighted by molar-refractivity contribution is 9.10. The number of fused-ring (bicyclic) bond motifs is 7. The molecule has 0 aliphatic carbocycles. The Balaban J connectivity index is 1.53. The van der Waals surface area contributed by atoms with Crippen LogP contribution in [0.2, 0.25) is 0 Å². The molecule has 5 atom stereocenters. The van der Waals surface area contributed by atoms with E-state index in [4.69, 9.17) is 14.2 Å². The lowest BCUT2D eigenvalue weighted by atomic mass is 10.0. The van der Waals surface area contributed by atoms with Crippen molar-refractivity contribution in [1.29, 1.82) is 0 Å². The lowest BCUT2D eigenvalue weighted by Crippen LogP contribution is -2.59.